The molecule has 1 atom stereocenters. The first-order valence-corrected chi connectivity index (χ1v) is 7.73. The number of aromatic nitrogens is 4. The summed E-state index contributed by atoms with van der Waals surface area (Å²) in [6, 6.07) is 1.54. The molecule has 8 nitrogen and oxygen atoms in total. The number of hydrogen-bond acceptors (Lipinski definition) is 6. The fourth-order valence-electron chi connectivity index (χ4n) is 2.54. The molecule has 0 bridgehead atoms. The number of hydrogen-bond donors (Lipinski definition) is 0. The summed E-state index contributed by atoms with van der Waals surface area (Å²) in [5.74, 6) is 5.66. The Labute approximate surface area is 138 Å². The maximum absolute atomic E-state index is 12.2. The summed E-state index contributed by atoms with van der Waals surface area (Å²) >= 11 is 0. The summed E-state index contributed by atoms with van der Waals surface area (Å²) < 4.78 is 13.3. The van der Waals surface area contributed by atoms with E-state index in [0.717, 1.165) is 30.4 Å². The standard InChI is InChI=1S/C16H18N4O4/c1-19-14-12(15(21)20(2)16(19)22)10-11(17-18-14)6-5-9-24-13-7-3-4-8-23-13/h10,13H,3-4,7-9H2,1-2H3. The van der Waals surface area contributed by atoms with E-state index in [4.69, 9.17) is 9.47 Å². The van der Waals surface area contributed by atoms with E-state index in [2.05, 4.69) is 22.0 Å². The third kappa shape index (κ3) is 3.22. The van der Waals surface area contributed by atoms with Crippen LogP contribution >= 0.6 is 0 Å². The second-order valence-corrected chi connectivity index (χ2v) is 5.58. The van der Waals surface area contributed by atoms with E-state index >= 15 is 0 Å². The monoisotopic (exact) mass is 330 g/mol. The summed E-state index contributed by atoms with van der Waals surface area (Å²) in [5, 5.41) is 8.19. The molecular weight excluding hydrogens is 312 g/mol. The van der Waals surface area contributed by atoms with E-state index in [1.165, 1.54) is 17.7 Å². The molecule has 0 amide bonds. The van der Waals surface area contributed by atoms with Gasteiger partial charge in [0, 0.05) is 20.7 Å². The Balaban J connectivity index is 1.80. The van der Waals surface area contributed by atoms with Crippen LogP contribution in [0.4, 0.5) is 0 Å². The zero-order chi connectivity index (χ0) is 17.1. The molecule has 2 aromatic rings. The molecule has 3 heterocycles. The Kier molecular flexibility index (Phi) is 4.74. The average Bonchev–Trinajstić information content (AvgIpc) is 2.62. The van der Waals surface area contributed by atoms with E-state index in [-0.39, 0.29) is 18.5 Å². The lowest BCUT2D eigenvalue weighted by Crippen LogP contribution is -2.37. The Morgan fingerprint density at radius 2 is 2.12 bits per heavy atom. The molecule has 1 aliphatic heterocycles. The molecule has 1 saturated heterocycles. The SMILES string of the molecule is Cn1c(=O)c2cc(C#CCOC3CCCCO3)nnc2n(C)c1=O. The molecule has 1 unspecified atom stereocenters. The van der Waals surface area contributed by atoms with Gasteiger partial charge >= 0.3 is 5.69 Å². The minimum atomic E-state index is -0.443. The van der Waals surface area contributed by atoms with Crippen molar-refractivity contribution in [2.24, 2.45) is 14.1 Å². The lowest BCUT2D eigenvalue weighted by Gasteiger charge is -2.21. The molecule has 1 aliphatic rings. The van der Waals surface area contributed by atoms with Crippen molar-refractivity contribution in [2.45, 2.75) is 25.6 Å². The van der Waals surface area contributed by atoms with Crippen LogP contribution in [0.3, 0.4) is 0 Å². The van der Waals surface area contributed by atoms with Gasteiger partial charge in [0.25, 0.3) is 5.56 Å². The highest BCUT2D eigenvalue weighted by molar-refractivity contribution is 5.74. The Morgan fingerprint density at radius 1 is 1.29 bits per heavy atom. The smallest absolute Gasteiger partial charge is 0.332 e. The molecule has 126 valence electrons. The number of ether oxygens (including phenoxy) is 2. The van der Waals surface area contributed by atoms with Crippen molar-refractivity contribution < 1.29 is 9.47 Å². The molecule has 0 aromatic carbocycles. The first-order chi connectivity index (χ1) is 11.6. The van der Waals surface area contributed by atoms with Crippen molar-refractivity contribution in [1.29, 1.82) is 0 Å². The van der Waals surface area contributed by atoms with Gasteiger partial charge in [0.05, 0.1) is 5.39 Å². The van der Waals surface area contributed by atoms with Crippen LogP contribution in [-0.4, -0.2) is 38.8 Å². The summed E-state index contributed by atoms with van der Waals surface area (Å²) in [5.41, 5.74) is -0.272. The van der Waals surface area contributed by atoms with Gasteiger partial charge in [0.2, 0.25) is 0 Å². The van der Waals surface area contributed by atoms with E-state index in [0.29, 0.717) is 11.1 Å². The van der Waals surface area contributed by atoms with E-state index in [1.54, 1.807) is 7.05 Å². The molecule has 1 fully saturated rings. The molecule has 3 rings (SSSR count). The molecule has 0 saturated carbocycles. The van der Waals surface area contributed by atoms with Crippen LogP contribution in [0.2, 0.25) is 0 Å². The van der Waals surface area contributed by atoms with Crippen molar-refractivity contribution in [3.05, 3.63) is 32.6 Å². The number of rotatable bonds is 2. The molecular formula is C16H18N4O4. The molecule has 2 aromatic heterocycles. The zero-order valence-electron chi connectivity index (χ0n) is 13.6. The van der Waals surface area contributed by atoms with Gasteiger partial charge in [-0.05, 0) is 31.2 Å². The van der Waals surface area contributed by atoms with E-state index in [1.807, 2.05) is 0 Å². The highest BCUT2D eigenvalue weighted by atomic mass is 16.7. The summed E-state index contributed by atoms with van der Waals surface area (Å²) in [6.07, 6.45) is 2.84. The number of aryl methyl sites for hydroxylation is 1. The van der Waals surface area contributed by atoms with Crippen LogP contribution in [0.1, 0.15) is 25.0 Å². The lowest BCUT2D eigenvalue weighted by molar-refractivity contribution is -0.154. The Morgan fingerprint density at radius 3 is 2.88 bits per heavy atom. The van der Waals surface area contributed by atoms with Crippen LogP contribution < -0.4 is 11.2 Å². The fourth-order valence-corrected chi connectivity index (χ4v) is 2.54. The first-order valence-electron chi connectivity index (χ1n) is 7.73. The quantitative estimate of drug-likeness (QED) is 0.716. The number of fused-ring (bicyclic) bond motifs is 1. The third-order valence-corrected chi connectivity index (χ3v) is 3.90. The minimum Gasteiger partial charge on any atom is -0.353 e. The summed E-state index contributed by atoms with van der Waals surface area (Å²) in [6.45, 7) is 0.936. The van der Waals surface area contributed by atoms with Gasteiger partial charge in [-0.15, -0.1) is 10.2 Å². The van der Waals surface area contributed by atoms with Crippen LogP contribution in [0.25, 0.3) is 11.0 Å². The van der Waals surface area contributed by atoms with Gasteiger partial charge in [-0.25, -0.2) is 4.79 Å². The molecule has 8 heteroatoms. The predicted molar refractivity (Wildman–Crippen MR) is 86.4 cm³/mol. The Hall–Kier alpha value is -2.50. The first kappa shape index (κ1) is 16.4. The molecule has 0 radical (unpaired) electrons. The van der Waals surface area contributed by atoms with Crippen molar-refractivity contribution >= 4 is 11.0 Å². The Bertz CT molecular complexity index is 929. The van der Waals surface area contributed by atoms with Crippen LogP contribution in [-0.2, 0) is 23.6 Å². The molecule has 0 N–H and O–H groups in total. The normalized spacial score (nSPS) is 17.5. The van der Waals surface area contributed by atoms with Crippen molar-refractivity contribution in [1.82, 2.24) is 19.3 Å². The van der Waals surface area contributed by atoms with E-state index in [9.17, 15) is 9.59 Å². The second-order valence-electron chi connectivity index (χ2n) is 5.58. The van der Waals surface area contributed by atoms with Gasteiger partial charge in [-0.2, -0.15) is 0 Å². The van der Waals surface area contributed by atoms with Gasteiger partial charge in [-0.1, -0.05) is 5.92 Å². The van der Waals surface area contributed by atoms with Crippen molar-refractivity contribution in [3.8, 4) is 11.8 Å². The van der Waals surface area contributed by atoms with Crippen LogP contribution in [0.5, 0.6) is 0 Å². The maximum Gasteiger partial charge on any atom is 0.332 e. The third-order valence-electron chi connectivity index (χ3n) is 3.90. The molecule has 0 aliphatic carbocycles. The largest absolute Gasteiger partial charge is 0.353 e. The van der Waals surface area contributed by atoms with Gasteiger partial charge in [0.15, 0.2) is 11.9 Å². The zero-order valence-corrected chi connectivity index (χ0v) is 13.6. The number of nitrogens with zero attached hydrogens (tertiary/aromatic N) is 4. The highest BCUT2D eigenvalue weighted by Gasteiger charge is 2.13. The minimum absolute atomic E-state index is 0.197. The lowest BCUT2D eigenvalue weighted by atomic mass is 10.2. The molecule has 0 spiro atoms. The van der Waals surface area contributed by atoms with Gasteiger partial charge in [0.1, 0.15) is 12.3 Å². The van der Waals surface area contributed by atoms with Crippen LogP contribution in [0.15, 0.2) is 15.7 Å². The van der Waals surface area contributed by atoms with Crippen LogP contribution in [0, 0.1) is 11.8 Å². The second kappa shape index (κ2) is 6.95. The van der Waals surface area contributed by atoms with Crippen molar-refractivity contribution in [2.75, 3.05) is 13.2 Å². The maximum atomic E-state index is 12.2. The predicted octanol–water partition coefficient (Wildman–Crippen LogP) is -0.0781. The topological polar surface area (TPSA) is 88.2 Å². The molecule has 24 heavy (non-hydrogen) atoms. The summed E-state index contributed by atoms with van der Waals surface area (Å²) in [4.78, 5) is 24.0. The highest BCUT2D eigenvalue weighted by Crippen LogP contribution is 2.13. The van der Waals surface area contributed by atoms with Gasteiger partial charge in [-0.3, -0.25) is 13.9 Å². The van der Waals surface area contributed by atoms with Gasteiger partial charge < -0.3 is 9.47 Å². The van der Waals surface area contributed by atoms with Crippen molar-refractivity contribution in [3.63, 3.8) is 0 Å². The fraction of sp³-hybridized carbons (Fsp3) is 0.500. The van der Waals surface area contributed by atoms with E-state index < -0.39 is 11.2 Å². The average molecular weight is 330 g/mol. The summed E-state index contributed by atoms with van der Waals surface area (Å²) in [7, 11) is 2.97.